The lowest BCUT2D eigenvalue weighted by molar-refractivity contribution is -0.127. The zero-order chi connectivity index (χ0) is 23.4. The molecule has 0 bridgehead atoms. The van der Waals surface area contributed by atoms with Gasteiger partial charge in [-0.3, -0.25) is 9.59 Å². The number of hydrogen-bond acceptors (Lipinski definition) is 4. The Morgan fingerprint density at radius 1 is 0.939 bits per heavy atom. The van der Waals surface area contributed by atoms with Crippen LogP contribution in [0.15, 0.2) is 60.7 Å². The fraction of sp³-hybridized carbons (Fsp3) is 0.333. The van der Waals surface area contributed by atoms with Gasteiger partial charge in [0.2, 0.25) is 5.91 Å². The molecule has 3 aromatic carbocycles. The Morgan fingerprint density at radius 2 is 1.64 bits per heavy atom. The third-order valence-corrected chi connectivity index (χ3v) is 6.38. The second-order valence-corrected chi connectivity index (χ2v) is 8.42. The van der Waals surface area contributed by atoms with Crippen molar-refractivity contribution in [2.24, 2.45) is 5.92 Å². The summed E-state index contributed by atoms with van der Waals surface area (Å²) in [6.45, 7) is 3.00. The highest BCUT2D eigenvalue weighted by Gasteiger charge is 2.30. The van der Waals surface area contributed by atoms with Gasteiger partial charge in [-0.1, -0.05) is 42.5 Å². The number of para-hydroxylation sites is 1. The predicted octanol–water partition coefficient (Wildman–Crippen LogP) is 4.59. The molecule has 2 atom stereocenters. The van der Waals surface area contributed by atoms with Crippen LogP contribution in [0.5, 0.6) is 11.5 Å². The highest BCUT2D eigenvalue weighted by molar-refractivity contribution is 6.08. The molecule has 3 aromatic rings. The molecule has 1 heterocycles. The first-order valence-corrected chi connectivity index (χ1v) is 11.3. The number of fused-ring (bicyclic) bond motifs is 1. The van der Waals surface area contributed by atoms with Gasteiger partial charge in [0.1, 0.15) is 11.5 Å². The number of carbonyl (C=O) groups excluding carboxylic acids is 2. The molecule has 0 aromatic heterocycles. The normalized spacial score (nSPS) is 16.8. The van der Waals surface area contributed by atoms with Crippen LogP contribution >= 0.6 is 0 Å². The summed E-state index contributed by atoms with van der Waals surface area (Å²) in [5.41, 5.74) is 1.57. The number of nitrogens with one attached hydrogen (secondary N) is 1. The Bertz CT molecular complexity index is 1160. The van der Waals surface area contributed by atoms with E-state index in [0.717, 1.165) is 40.7 Å². The summed E-state index contributed by atoms with van der Waals surface area (Å²) in [6.07, 6.45) is 1.55. The van der Waals surface area contributed by atoms with Crippen LogP contribution in [0.2, 0.25) is 0 Å². The molecule has 1 saturated heterocycles. The van der Waals surface area contributed by atoms with Crippen molar-refractivity contribution in [2.45, 2.75) is 25.8 Å². The van der Waals surface area contributed by atoms with Crippen LogP contribution in [0.4, 0.5) is 0 Å². The molecule has 0 aliphatic carbocycles. The Balaban J connectivity index is 1.49. The molecule has 172 valence electrons. The molecule has 4 rings (SSSR count). The van der Waals surface area contributed by atoms with E-state index < -0.39 is 0 Å². The van der Waals surface area contributed by atoms with E-state index in [2.05, 4.69) is 5.32 Å². The van der Waals surface area contributed by atoms with Crippen molar-refractivity contribution in [2.75, 3.05) is 27.3 Å². The lowest BCUT2D eigenvalue weighted by atomic mass is 9.95. The monoisotopic (exact) mass is 446 g/mol. The van der Waals surface area contributed by atoms with Crippen molar-refractivity contribution < 1.29 is 19.1 Å². The van der Waals surface area contributed by atoms with Crippen LogP contribution in [-0.2, 0) is 4.79 Å². The van der Waals surface area contributed by atoms with Crippen LogP contribution in [0.25, 0.3) is 10.8 Å². The van der Waals surface area contributed by atoms with Gasteiger partial charge in [-0.25, -0.2) is 0 Å². The Kier molecular flexibility index (Phi) is 6.82. The summed E-state index contributed by atoms with van der Waals surface area (Å²) < 4.78 is 10.9. The number of methoxy groups -OCH3 is 2. The van der Waals surface area contributed by atoms with E-state index in [0.29, 0.717) is 18.7 Å². The fourth-order valence-corrected chi connectivity index (χ4v) is 4.62. The average molecular weight is 447 g/mol. The number of benzene rings is 3. The minimum absolute atomic E-state index is 0.0366. The number of rotatable bonds is 6. The topological polar surface area (TPSA) is 67.9 Å². The largest absolute Gasteiger partial charge is 0.496 e. The third kappa shape index (κ3) is 4.65. The molecule has 0 radical (unpaired) electrons. The van der Waals surface area contributed by atoms with E-state index in [1.54, 1.807) is 19.1 Å². The van der Waals surface area contributed by atoms with E-state index in [1.165, 1.54) is 0 Å². The molecule has 2 amide bonds. The zero-order valence-corrected chi connectivity index (χ0v) is 19.3. The maximum absolute atomic E-state index is 13.4. The summed E-state index contributed by atoms with van der Waals surface area (Å²) in [7, 11) is 3.25. The van der Waals surface area contributed by atoms with E-state index in [4.69, 9.17) is 9.47 Å². The molecule has 1 aliphatic heterocycles. The molecule has 6 heteroatoms. The molecule has 1 fully saturated rings. The summed E-state index contributed by atoms with van der Waals surface area (Å²) in [5, 5.41) is 4.88. The van der Waals surface area contributed by atoms with Gasteiger partial charge in [-0.15, -0.1) is 0 Å². The summed E-state index contributed by atoms with van der Waals surface area (Å²) in [4.78, 5) is 28.3. The first-order valence-electron chi connectivity index (χ1n) is 11.3. The van der Waals surface area contributed by atoms with Crippen LogP contribution in [0, 0.1) is 5.92 Å². The maximum atomic E-state index is 13.4. The number of nitrogens with zero attached hydrogens (tertiary/aromatic N) is 1. The van der Waals surface area contributed by atoms with Gasteiger partial charge in [-0.2, -0.15) is 0 Å². The van der Waals surface area contributed by atoms with Crippen molar-refractivity contribution in [3.63, 3.8) is 0 Å². The van der Waals surface area contributed by atoms with Gasteiger partial charge in [0.05, 0.1) is 26.2 Å². The molecule has 0 spiro atoms. The fourth-order valence-electron chi connectivity index (χ4n) is 4.62. The van der Waals surface area contributed by atoms with Crippen LogP contribution in [-0.4, -0.2) is 44.0 Å². The van der Waals surface area contributed by atoms with E-state index in [1.807, 2.05) is 67.6 Å². The van der Waals surface area contributed by atoms with Gasteiger partial charge in [0, 0.05) is 29.6 Å². The maximum Gasteiger partial charge on any atom is 0.254 e. The number of amides is 2. The van der Waals surface area contributed by atoms with Crippen molar-refractivity contribution in [1.29, 1.82) is 0 Å². The number of likely N-dealkylation sites (tertiary alicyclic amines) is 1. The third-order valence-electron chi connectivity index (χ3n) is 6.38. The minimum Gasteiger partial charge on any atom is -0.496 e. The molecule has 33 heavy (non-hydrogen) atoms. The van der Waals surface area contributed by atoms with Crippen molar-refractivity contribution in [3.8, 4) is 11.5 Å². The molecular weight excluding hydrogens is 416 g/mol. The minimum atomic E-state index is -0.246. The number of hydrogen-bond donors (Lipinski definition) is 1. The van der Waals surface area contributed by atoms with Gasteiger partial charge >= 0.3 is 0 Å². The van der Waals surface area contributed by atoms with Crippen molar-refractivity contribution in [1.82, 2.24) is 10.2 Å². The van der Waals surface area contributed by atoms with Gasteiger partial charge in [0.25, 0.3) is 5.91 Å². The van der Waals surface area contributed by atoms with Crippen LogP contribution in [0.3, 0.4) is 0 Å². The average Bonchev–Trinajstić information content (AvgIpc) is 2.87. The first-order chi connectivity index (χ1) is 16.0. The Labute approximate surface area is 194 Å². The summed E-state index contributed by atoms with van der Waals surface area (Å²) >= 11 is 0. The summed E-state index contributed by atoms with van der Waals surface area (Å²) in [6, 6.07) is 18.9. The van der Waals surface area contributed by atoms with Crippen molar-refractivity contribution >= 4 is 22.6 Å². The molecule has 1 aliphatic rings. The van der Waals surface area contributed by atoms with Crippen LogP contribution < -0.4 is 14.8 Å². The SMILES string of the molecule is COc1ccccc1[C@@H](C)NC(=O)[C@H]1CCCN(C(=O)c2ccc(OC)c3ccccc23)C1. The number of ether oxygens (including phenoxy) is 2. The van der Waals surface area contributed by atoms with Gasteiger partial charge in [-0.05, 0) is 43.4 Å². The lowest BCUT2D eigenvalue weighted by Gasteiger charge is -2.33. The first kappa shape index (κ1) is 22.6. The zero-order valence-electron chi connectivity index (χ0n) is 19.3. The molecule has 1 N–H and O–H groups in total. The molecule has 0 saturated carbocycles. The van der Waals surface area contributed by atoms with E-state index in [-0.39, 0.29) is 23.8 Å². The Morgan fingerprint density at radius 3 is 2.39 bits per heavy atom. The van der Waals surface area contributed by atoms with Gasteiger partial charge in [0.15, 0.2) is 0 Å². The Hall–Kier alpha value is -3.54. The molecular formula is C27H30N2O4. The van der Waals surface area contributed by atoms with E-state index in [9.17, 15) is 9.59 Å². The molecule has 0 unspecified atom stereocenters. The molecule has 6 nitrogen and oxygen atoms in total. The second-order valence-electron chi connectivity index (χ2n) is 8.42. The number of carbonyl (C=O) groups is 2. The van der Waals surface area contributed by atoms with Crippen LogP contribution in [0.1, 0.15) is 41.7 Å². The standard InChI is InChI=1S/C27H30N2O4/c1-18(20-10-6-7-13-24(20)32-2)28-26(30)19-9-8-16-29(17-19)27(31)23-14-15-25(33-3)22-12-5-4-11-21(22)23/h4-7,10-15,18-19H,8-9,16-17H2,1-3H3,(H,28,30)/t18-,19+/m1/s1. The smallest absolute Gasteiger partial charge is 0.254 e. The summed E-state index contributed by atoms with van der Waals surface area (Å²) in [5.74, 6) is 1.15. The van der Waals surface area contributed by atoms with Gasteiger partial charge < -0.3 is 19.7 Å². The van der Waals surface area contributed by atoms with E-state index >= 15 is 0 Å². The quantitative estimate of drug-likeness (QED) is 0.602. The number of piperidine rings is 1. The second kappa shape index (κ2) is 9.94. The lowest BCUT2D eigenvalue weighted by Crippen LogP contribution is -2.46. The predicted molar refractivity (Wildman–Crippen MR) is 129 cm³/mol. The van der Waals surface area contributed by atoms with Crippen molar-refractivity contribution in [3.05, 3.63) is 71.8 Å². The highest BCUT2D eigenvalue weighted by Crippen LogP contribution is 2.30. The highest BCUT2D eigenvalue weighted by atomic mass is 16.5.